The molecule has 33 heavy (non-hydrogen) atoms. The van der Waals surface area contributed by atoms with Gasteiger partial charge in [0.15, 0.2) is 11.5 Å². The molecule has 0 unspecified atom stereocenters. The maximum absolute atomic E-state index is 12.1. The number of hydrogen-bond acceptors (Lipinski definition) is 8. The molecule has 1 saturated heterocycles. The van der Waals surface area contributed by atoms with Gasteiger partial charge < -0.3 is 29.7 Å². The van der Waals surface area contributed by atoms with E-state index in [1.165, 1.54) is 21.0 Å². The quantitative estimate of drug-likeness (QED) is 0.404. The Labute approximate surface area is 196 Å². The third kappa shape index (κ3) is 8.51. The van der Waals surface area contributed by atoms with Crippen LogP contribution in [0.4, 0.5) is 0 Å². The summed E-state index contributed by atoms with van der Waals surface area (Å²) in [6.45, 7) is 6.09. The van der Waals surface area contributed by atoms with Crippen molar-refractivity contribution in [2.45, 2.75) is 84.0 Å². The van der Waals surface area contributed by atoms with E-state index in [2.05, 4.69) is 5.32 Å². The number of phenols is 1. The molecule has 0 radical (unpaired) electrons. The Hall–Kier alpha value is -2.32. The largest absolute Gasteiger partial charge is 0.504 e. The summed E-state index contributed by atoms with van der Waals surface area (Å²) in [5.74, 6) is -0.269. The first-order valence-electron chi connectivity index (χ1n) is 11.7. The number of esters is 2. The molecule has 1 fully saturated rings. The summed E-state index contributed by atoms with van der Waals surface area (Å²) in [5.41, 5.74) is 0.614. The number of piperidine rings is 1. The molecule has 0 bridgehead atoms. The van der Waals surface area contributed by atoms with E-state index in [1.807, 2.05) is 12.1 Å². The minimum Gasteiger partial charge on any atom is -0.504 e. The first-order valence-corrected chi connectivity index (χ1v) is 11.7. The summed E-state index contributed by atoms with van der Waals surface area (Å²) >= 11 is 0. The molecule has 3 atom stereocenters. The number of methoxy groups -OCH3 is 1. The molecular weight excluding hydrogens is 426 g/mol. The number of aliphatic hydroxyl groups is 1. The number of carbonyl (C=O) groups excluding carboxylic acids is 2. The standard InChI is InChI=1S/C25H39NO7/c1-17(27)6-5-7-21(32-18(2)28)15-24(33-19(3)29)25(10-12-26-13-11-25)16-20-8-9-22(30)23(14-20)31-4/h8-9,14,17,21,24,26-27,30H,5-7,10-13,15-16H2,1-4H3/t17-,21+,24+/m0/s1. The van der Waals surface area contributed by atoms with E-state index in [9.17, 15) is 19.8 Å². The molecule has 1 heterocycles. The van der Waals surface area contributed by atoms with Crippen molar-refractivity contribution in [1.29, 1.82) is 0 Å². The number of phenolic OH excluding ortho intramolecular Hbond substituents is 1. The van der Waals surface area contributed by atoms with Gasteiger partial charge >= 0.3 is 11.9 Å². The van der Waals surface area contributed by atoms with Gasteiger partial charge in [-0.25, -0.2) is 0 Å². The average molecular weight is 466 g/mol. The fraction of sp³-hybridized carbons (Fsp3) is 0.680. The molecule has 0 spiro atoms. The summed E-state index contributed by atoms with van der Waals surface area (Å²) in [6, 6.07) is 5.29. The molecular formula is C25H39NO7. The molecule has 0 aromatic heterocycles. The van der Waals surface area contributed by atoms with Crippen molar-refractivity contribution in [2.75, 3.05) is 20.2 Å². The predicted molar refractivity (Wildman–Crippen MR) is 124 cm³/mol. The zero-order chi connectivity index (χ0) is 24.4. The van der Waals surface area contributed by atoms with E-state index in [1.54, 1.807) is 13.0 Å². The van der Waals surface area contributed by atoms with Crippen LogP contribution < -0.4 is 10.1 Å². The third-order valence-electron chi connectivity index (χ3n) is 6.35. The topological polar surface area (TPSA) is 114 Å². The first kappa shape index (κ1) is 26.9. The number of rotatable bonds is 12. The van der Waals surface area contributed by atoms with Crippen molar-refractivity contribution in [3.8, 4) is 11.5 Å². The van der Waals surface area contributed by atoms with E-state index in [4.69, 9.17) is 14.2 Å². The molecule has 0 aliphatic carbocycles. The van der Waals surface area contributed by atoms with Crippen LogP contribution in [0.1, 0.15) is 64.9 Å². The minimum atomic E-state index is -0.451. The Morgan fingerprint density at radius 2 is 1.79 bits per heavy atom. The highest BCUT2D eigenvalue weighted by molar-refractivity contribution is 5.66. The fourth-order valence-electron chi connectivity index (χ4n) is 4.74. The van der Waals surface area contributed by atoms with Crippen molar-refractivity contribution < 1.29 is 34.0 Å². The monoisotopic (exact) mass is 465 g/mol. The highest BCUT2D eigenvalue weighted by Gasteiger charge is 2.43. The summed E-state index contributed by atoms with van der Waals surface area (Å²) in [4.78, 5) is 23.9. The summed E-state index contributed by atoms with van der Waals surface area (Å²) in [7, 11) is 1.51. The lowest BCUT2D eigenvalue weighted by molar-refractivity contribution is -0.162. The fourth-order valence-corrected chi connectivity index (χ4v) is 4.74. The van der Waals surface area contributed by atoms with Gasteiger partial charge in [-0.05, 0) is 76.2 Å². The Morgan fingerprint density at radius 3 is 2.36 bits per heavy atom. The Balaban J connectivity index is 2.32. The van der Waals surface area contributed by atoms with Crippen LogP contribution in [-0.2, 0) is 25.5 Å². The maximum atomic E-state index is 12.1. The van der Waals surface area contributed by atoms with Gasteiger partial charge in [-0.15, -0.1) is 0 Å². The van der Waals surface area contributed by atoms with Gasteiger partial charge in [0.25, 0.3) is 0 Å². The van der Waals surface area contributed by atoms with Crippen LogP contribution in [-0.4, -0.2) is 60.7 Å². The molecule has 1 aromatic rings. The van der Waals surface area contributed by atoms with Gasteiger partial charge in [0.2, 0.25) is 0 Å². The van der Waals surface area contributed by atoms with Gasteiger partial charge in [-0.2, -0.15) is 0 Å². The van der Waals surface area contributed by atoms with Gasteiger partial charge in [0, 0.05) is 25.7 Å². The SMILES string of the molecule is COc1cc(CC2([C@@H](C[C@@H](CCC[C@H](C)O)OC(C)=O)OC(C)=O)CCNCC2)ccc1O. The van der Waals surface area contributed by atoms with Crippen LogP contribution in [0.3, 0.4) is 0 Å². The maximum Gasteiger partial charge on any atom is 0.302 e. The van der Waals surface area contributed by atoms with E-state index in [0.29, 0.717) is 37.9 Å². The second-order valence-electron chi connectivity index (χ2n) is 9.14. The molecule has 186 valence electrons. The number of hydrogen-bond donors (Lipinski definition) is 3. The van der Waals surface area contributed by atoms with E-state index in [-0.39, 0.29) is 23.1 Å². The Morgan fingerprint density at radius 1 is 1.12 bits per heavy atom. The zero-order valence-corrected chi connectivity index (χ0v) is 20.3. The highest BCUT2D eigenvalue weighted by atomic mass is 16.6. The predicted octanol–water partition coefficient (Wildman–Crippen LogP) is 3.12. The van der Waals surface area contributed by atoms with Crippen LogP contribution in [0.25, 0.3) is 0 Å². The van der Waals surface area contributed by atoms with Gasteiger partial charge in [-0.3, -0.25) is 9.59 Å². The molecule has 3 N–H and O–H groups in total. The molecule has 8 nitrogen and oxygen atoms in total. The lowest BCUT2D eigenvalue weighted by atomic mass is 9.68. The molecule has 0 amide bonds. The number of nitrogens with one attached hydrogen (secondary N) is 1. The van der Waals surface area contributed by atoms with Crippen molar-refractivity contribution in [3.05, 3.63) is 23.8 Å². The lowest BCUT2D eigenvalue weighted by Crippen LogP contribution is -2.49. The molecule has 1 aromatic carbocycles. The lowest BCUT2D eigenvalue weighted by Gasteiger charge is -2.44. The van der Waals surface area contributed by atoms with E-state index in [0.717, 1.165) is 31.5 Å². The average Bonchev–Trinajstić information content (AvgIpc) is 2.74. The molecule has 1 aliphatic heterocycles. The number of carbonyl (C=O) groups is 2. The van der Waals surface area contributed by atoms with Crippen LogP contribution in [0.5, 0.6) is 11.5 Å². The number of aliphatic hydroxyl groups excluding tert-OH is 1. The van der Waals surface area contributed by atoms with Gasteiger partial charge in [-0.1, -0.05) is 6.07 Å². The third-order valence-corrected chi connectivity index (χ3v) is 6.35. The van der Waals surface area contributed by atoms with Crippen molar-refractivity contribution in [2.24, 2.45) is 5.41 Å². The smallest absolute Gasteiger partial charge is 0.302 e. The normalized spacial score (nSPS) is 18.1. The number of benzene rings is 1. The highest BCUT2D eigenvalue weighted by Crippen LogP contribution is 2.42. The molecule has 8 heteroatoms. The number of ether oxygens (including phenoxy) is 3. The number of aromatic hydroxyl groups is 1. The van der Waals surface area contributed by atoms with E-state index < -0.39 is 18.3 Å². The summed E-state index contributed by atoms with van der Waals surface area (Å²) in [5, 5.41) is 23.0. The summed E-state index contributed by atoms with van der Waals surface area (Å²) in [6.07, 6.45) is 3.21. The van der Waals surface area contributed by atoms with Crippen molar-refractivity contribution in [3.63, 3.8) is 0 Å². The van der Waals surface area contributed by atoms with Crippen LogP contribution in [0.2, 0.25) is 0 Å². The van der Waals surface area contributed by atoms with Crippen LogP contribution in [0.15, 0.2) is 18.2 Å². The second kappa shape index (κ2) is 12.8. The van der Waals surface area contributed by atoms with Crippen LogP contribution in [0, 0.1) is 5.41 Å². The first-order chi connectivity index (χ1) is 15.6. The summed E-state index contributed by atoms with van der Waals surface area (Å²) < 4.78 is 16.8. The molecule has 1 aliphatic rings. The Kier molecular flexibility index (Phi) is 10.4. The second-order valence-corrected chi connectivity index (χ2v) is 9.14. The molecule has 0 saturated carbocycles. The minimum absolute atomic E-state index is 0.0742. The molecule has 2 rings (SSSR count). The van der Waals surface area contributed by atoms with Gasteiger partial charge in [0.05, 0.1) is 13.2 Å². The van der Waals surface area contributed by atoms with Gasteiger partial charge in [0.1, 0.15) is 12.2 Å². The zero-order valence-electron chi connectivity index (χ0n) is 20.3. The Bertz CT molecular complexity index is 774. The van der Waals surface area contributed by atoms with Crippen molar-refractivity contribution in [1.82, 2.24) is 5.32 Å². The van der Waals surface area contributed by atoms with Crippen LogP contribution >= 0.6 is 0 Å². The van der Waals surface area contributed by atoms with E-state index >= 15 is 0 Å². The van der Waals surface area contributed by atoms with Crippen molar-refractivity contribution >= 4 is 11.9 Å².